The smallest absolute Gasteiger partial charge is 0.180 e. The van der Waals surface area contributed by atoms with Crippen LogP contribution in [0.25, 0.3) is 0 Å². The minimum atomic E-state index is -0.593. The monoisotopic (exact) mass is 363 g/mol. The Hall–Kier alpha value is -0.410. The van der Waals surface area contributed by atoms with E-state index in [1.807, 2.05) is 18.2 Å². The Balaban J connectivity index is 3.14. The molecule has 14 heavy (non-hydrogen) atoms. The Morgan fingerprint density at radius 2 is 2.29 bits per heavy atom. The number of carbonyl (C=O) groups excluding carboxylic acids is 1. The highest BCUT2D eigenvalue weighted by Gasteiger charge is 2.17. The van der Waals surface area contributed by atoms with Crippen LogP contribution in [0.1, 0.15) is 17.3 Å². The molecule has 0 aliphatic heterocycles. The maximum absolute atomic E-state index is 11.7. The van der Waals surface area contributed by atoms with Gasteiger partial charge in [0.05, 0.1) is 6.07 Å². The SMILES string of the molecule is CC(C#N)C(=O)c1cc(I)ccc1Br. The van der Waals surface area contributed by atoms with Gasteiger partial charge in [-0.25, -0.2) is 0 Å². The summed E-state index contributed by atoms with van der Waals surface area (Å²) in [5.74, 6) is -0.734. The molecule has 0 saturated carbocycles. The highest BCUT2D eigenvalue weighted by Crippen LogP contribution is 2.22. The first-order valence-electron chi connectivity index (χ1n) is 3.95. The second-order valence-electron chi connectivity index (χ2n) is 2.84. The van der Waals surface area contributed by atoms with E-state index < -0.39 is 5.92 Å². The van der Waals surface area contributed by atoms with Crippen LogP contribution in [-0.2, 0) is 0 Å². The minimum Gasteiger partial charge on any atom is -0.293 e. The van der Waals surface area contributed by atoms with Gasteiger partial charge < -0.3 is 0 Å². The van der Waals surface area contributed by atoms with Crippen LogP contribution in [0.5, 0.6) is 0 Å². The Bertz CT molecular complexity index is 411. The largest absolute Gasteiger partial charge is 0.293 e. The van der Waals surface area contributed by atoms with Gasteiger partial charge in [0.15, 0.2) is 5.78 Å². The van der Waals surface area contributed by atoms with Crippen molar-refractivity contribution in [1.82, 2.24) is 0 Å². The molecule has 0 radical (unpaired) electrons. The first-order valence-corrected chi connectivity index (χ1v) is 5.82. The summed E-state index contributed by atoms with van der Waals surface area (Å²) in [6.45, 7) is 1.61. The third-order valence-electron chi connectivity index (χ3n) is 1.78. The molecule has 0 bridgehead atoms. The molecule has 1 aromatic rings. The zero-order valence-electron chi connectivity index (χ0n) is 7.42. The average Bonchev–Trinajstić information content (AvgIpc) is 2.19. The topological polar surface area (TPSA) is 40.9 Å². The van der Waals surface area contributed by atoms with Gasteiger partial charge in [0, 0.05) is 13.6 Å². The molecule has 4 heteroatoms. The van der Waals surface area contributed by atoms with Crippen LogP contribution >= 0.6 is 38.5 Å². The molecule has 72 valence electrons. The van der Waals surface area contributed by atoms with E-state index in [-0.39, 0.29) is 5.78 Å². The van der Waals surface area contributed by atoms with Gasteiger partial charge in [0.25, 0.3) is 0 Å². The van der Waals surface area contributed by atoms with Crippen LogP contribution in [0.3, 0.4) is 0 Å². The number of Topliss-reactive ketones (excluding diaryl/α,β-unsaturated/α-hetero) is 1. The van der Waals surface area contributed by atoms with Crippen molar-refractivity contribution in [2.24, 2.45) is 5.92 Å². The van der Waals surface area contributed by atoms with Crippen molar-refractivity contribution in [3.05, 3.63) is 31.8 Å². The number of hydrogen-bond donors (Lipinski definition) is 0. The summed E-state index contributed by atoms with van der Waals surface area (Å²) in [6.07, 6.45) is 0. The number of rotatable bonds is 2. The predicted octanol–water partition coefficient (Wildman–Crippen LogP) is 3.40. The van der Waals surface area contributed by atoms with Gasteiger partial charge in [-0.3, -0.25) is 4.79 Å². The van der Waals surface area contributed by atoms with Gasteiger partial charge in [-0.15, -0.1) is 0 Å². The average molecular weight is 364 g/mol. The number of benzene rings is 1. The van der Waals surface area contributed by atoms with E-state index in [1.165, 1.54) is 0 Å². The molecule has 1 unspecified atom stereocenters. The first-order chi connectivity index (χ1) is 6.56. The lowest BCUT2D eigenvalue weighted by atomic mass is 10.0. The van der Waals surface area contributed by atoms with Crippen LogP contribution in [0.4, 0.5) is 0 Å². The molecule has 2 nitrogen and oxygen atoms in total. The minimum absolute atomic E-state index is 0.141. The van der Waals surface area contributed by atoms with Crippen molar-refractivity contribution in [3.63, 3.8) is 0 Å². The van der Waals surface area contributed by atoms with Gasteiger partial charge in [0.2, 0.25) is 0 Å². The molecule has 0 spiro atoms. The Morgan fingerprint density at radius 3 is 2.86 bits per heavy atom. The lowest BCUT2D eigenvalue weighted by Gasteiger charge is -2.05. The van der Waals surface area contributed by atoms with E-state index in [0.717, 1.165) is 8.04 Å². The lowest BCUT2D eigenvalue weighted by molar-refractivity contribution is 0.0955. The van der Waals surface area contributed by atoms with Crippen molar-refractivity contribution in [1.29, 1.82) is 5.26 Å². The highest BCUT2D eigenvalue weighted by molar-refractivity contribution is 14.1. The van der Waals surface area contributed by atoms with E-state index in [1.54, 1.807) is 13.0 Å². The number of carbonyl (C=O) groups is 1. The third-order valence-corrected chi connectivity index (χ3v) is 3.14. The summed E-state index contributed by atoms with van der Waals surface area (Å²) in [5, 5.41) is 8.64. The molecule has 1 atom stereocenters. The van der Waals surface area contributed by atoms with Crippen LogP contribution < -0.4 is 0 Å². The molecule has 0 heterocycles. The molecule has 0 aliphatic rings. The number of halogens is 2. The second-order valence-corrected chi connectivity index (χ2v) is 4.94. The summed E-state index contributed by atoms with van der Waals surface area (Å²) in [5.41, 5.74) is 0.575. The Labute approximate surface area is 105 Å². The van der Waals surface area contributed by atoms with Gasteiger partial charge in [-0.05, 0) is 47.7 Å². The Kier molecular flexibility index (Phi) is 4.08. The second kappa shape index (κ2) is 4.89. The van der Waals surface area contributed by atoms with E-state index in [9.17, 15) is 4.79 Å². The first kappa shape index (κ1) is 11.7. The van der Waals surface area contributed by atoms with Gasteiger partial charge in [0.1, 0.15) is 5.92 Å². The fourth-order valence-corrected chi connectivity index (χ4v) is 1.91. The van der Waals surface area contributed by atoms with Gasteiger partial charge in [-0.2, -0.15) is 5.26 Å². The summed E-state index contributed by atoms with van der Waals surface area (Å²) >= 11 is 5.43. The van der Waals surface area contributed by atoms with Crippen LogP contribution in [-0.4, -0.2) is 5.78 Å². The lowest BCUT2D eigenvalue weighted by Crippen LogP contribution is -2.09. The molecule has 0 amide bonds. The highest BCUT2D eigenvalue weighted by atomic mass is 127. The summed E-state index contributed by atoms with van der Waals surface area (Å²) in [6, 6.07) is 7.44. The van der Waals surface area contributed by atoms with Crippen molar-refractivity contribution >= 4 is 44.3 Å². The predicted molar refractivity (Wildman–Crippen MR) is 66.0 cm³/mol. The normalized spacial score (nSPS) is 11.9. The Morgan fingerprint density at radius 1 is 1.64 bits per heavy atom. The van der Waals surface area contributed by atoms with Crippen molar-refractivity contribution in [2.45, 2.75) is 6.92 Å². The third kappa shape index (κ3) is 2.55. The molecule has 0 aromatic heterocycles. The van der Waals surface area contributed by atoms with Gasteiger partial charge in [-0.1, -0.05) is 15.9 Å². The maximum atomic E-state index is 11.7. The molecule has 0 fully saturated rings. The van der Waals surface area contributed by atoms with E-state index in [4.69, 9.17) is 5.26 Å². The van der Waals surface area contributed by atoms with Crippen molar-refractivity contribution in [2.75, 3.05) is 0 Å². The molecular formula is C10H7BrINO. The molecular weight excluding hydrogens is 357 g/mol. The van der Waals surface area contributed by atoms with Crippen LogP contribution in [0.2, 0.25) is 0 Å². The van der Waals surface area contributed by atoms with Crippen LogP contribution in [0.15, 0.2) is 22.7 Å². The molecule has 1 aromatic carbocycles. The summed E-state index contributed by atoms with van der Waals surface area (Å²) in [4.78, 5) is 11.7. The molecule has 0 N–H and O–H groups in total. The van der Waals surface area contributed by atoms with E-state index in [0.29, 0.717) is 5.56 Å². The fourth-order valence-electron chi connectivity index (χ4n) is 0.978. The molecule has 1 rings (SSSR count). The molecule has 0 saturated heterocycles. The summed E-state index contributed by atoms with van der Waals surface area (Å²) < 4.78 is 1.73. The van der Waals surface area contributed by atoms with E-state index >= 15 is 0 Å². The number of ketones is 1. The zero-order chi connectivity index (χ0) is 10.7. The number of nitriles is 1. The summed E-state index contributed by atoms with van der Waals surface area (Å²) in [7, 11) is 0. The van der Waals surface area contributed by atoms with Crippen molar-refractivity contribution < 1.29 is 4.79 Å². The number of nitrogens with zero attached hydrogens (tertiary/aromatic N) is 1. The molecule has 0 aliphatic carbocycles. The van der Waals surface area contributed by atoms with Crippen molar-refractivity contribution in [3.8, 4) is 6.07 Å². The maximum Gasteiger partial charge on any atom is 0.180 e. The van der Waals surface area contributed by atoms with Crippen LogP contribution in [0, 0.1) is 20.8 Å². The quantitative estimate of drug-likeness (QED) is 0.596. The standard InChI is InChI=1S/C10H7BrINO/c1-6(5-13)10(14)8-4-7(12)2-3-9(8)11/h2-4,6H,1H3. The van der Waals surface area contributed by atoms with E-state index in [2.05, 4.69) is 38.5 Å². The fraction of sp³-hybridized carbons (Fsp3) is 0.200. The number of hydrogen-bond acceptors (Lipinski definition) is 2. The zero-order valence-corrected chi connectivity index (χ0v) is 11.2. The van der Waals surface area contributed by atoms with Gasteiger partial charge >= 0.3 is 0 Å².